The molecule has 0 N–H and O–H groups in total. The van der Waals surface area contributed by atoms with Crippen LogP contribution in [0.2, 0.25) is 51.4 Å². The highest BCUT2D eigenvalue weighted by Crippen LogP contribution is 2.34. The van der Waals surface area contributed by atoms with Crippen molar-refractivity contribution in [3.05, 3.63) is 54.1 Å². The van der Waals surface area contributed by atoms with E-state index in [0.29, 0.717) is 58.1 Å². The summed E-state index contributed by atoms with van der Waals surface area (Å²) < 4.78 is 29.2. The molecule has 0 atom stereocenters. The highest BCUT2D eigenvalue weighted by Gasteiger charge is 2.31. The minimum atomic E-state index is -1.26. The summed E-state index contributed by atoms with van der Waals surface area (Å²) in [5.74, 6) is 0.832. The molecule has 3 aromatic rings. The van der Waals surface area contributed by atoms with Crippen LogP contribution in [-0.2, 0) is 40.8 Å². The van der Waals surface area contributed by atoms with Crippen LogP contribution in [0, 0.1) is 0 Å². The van der Waals surface area contributed by atoms with Gasteiger partial charge in [0.1, 0.15) is 19.2 Å². The molecule has 4 rings (SSSR count). The molecular formula is C31H46FN5O3Si2. The third-order valence-electron chi connectivity index (χ3n) is 7.52. The summed E-state index contributed by atoms with van der Waals surface area (Å²) in [7, 11) is -2.50. The molecule has 1 aromatic carbocycles. The number of hydrogen-bond donors (Lipinski definition) is 0. The monoisotopic (exact) mass is 611 g/mol. The van der Waals surface area contributed by atoms with Crippen LogP contribution in [-0.4, -0.2) is 59.5 Å². The second-order valence-corrected chi connectivity index (χ2v) is 24.7. The van der Waals surface area contributed by atoms with Gasteiger partial charge >= 0.3 is 0 Å². The third-order valence-corrected chi connectivity index (χ3v) is 10.9. The van der Waals surface area contributed by atoms with Gasteiger partial charge in [-0.05, 0) is 41.4 Å². The number of allylic oxidation sites excluding steroid dienone is 2. The van der Waals surface area contributed by atoms with E-state index in [0.717, 1.165) is 51.5 Å². The summed E-state index contributed by atoms with van der Waals surface area (Å²) in [5, 5.41) is 5.93. The number of amides is 1. The molecule has 1 aliphatic heterocycles. The second-order valence-electron chi connectivity index (χ2n) is 13.5. The number of rotatable bonds is 14. The first-order valence-electron chi connectivity index (χ1n) is 14.8. The molecule has 0 saturated carbocycles. The first-order chi connectivity index (χ1) is 19.8. The standard InChI is InChI=1S/C31H46FN5O3Si2/c1-9-29(38)35-19-26-28(20-35)36(21-39-14-16-41(3,4)5)31(33-26)30-25-11-10-24(23(2)12-13-32)18-27(25)37(34-30)22-40-15-17-42(6,7)8/h10-13,18H,2,9,14-17,19-22H2,1,3-8H3/b13-12+. The molecule has 0 bridgehead atoms. The number of fused-ring (bicyclic) bond motifs is 2. The Labute approximate surface area is 251 Å². The molecule has 1 aliphatic rings. The summed E-state index contributed by atoms with van der Waals surface area (Å²) >= 11 is 0. The van der Waals surface area contributed by atoms with Crippen molar-refractivity contribution in [2.75, 3.05) is 13.2 Å². The third kappa shape index (κ3) is 7.74. The van der Waals surface area contributed by atoms with Gasteiger partial charge in [-0.25, -0.2) is 14.1 Å². The van der Waals surface area contributed by atoms with Crippen LogP contribution in [0.25, 0.3) is 28.0 Å². The number of imidazole rings is 1. The zero-order valence-corrected chi connectivity index (χ0v) is 28.3. The molecular weight excluding hydrogens is 566 g/mol. The summed E-state index contributed by atoms with van der Waals surface area (Å²) in [6, 6.07) is 8.02. The van der Waals surface area contributed by atoms with Crippen molar-refractivity contribution in [1.29, 1.82) is 0 Å². The Morgan fingerprint density at radius 3 is 2.33 bits per heavy atom. The lowest BCUT2D eigenvalue weighted by Crippen LogP contribution is -2.25. The molecule has 8 nitrogen and oxygen atoms in total. The van der Waals surface area contributed by atoms with Crippen LogP contribution in [0.1, 0.15) is 30.3 Å². The van der Waals surface area contributed by atoms with Crippen molar-refractivity contribution in [2.24, 2.45) is 0 Å². The smallest absolute Gasteiger partial charge is 0.222 e. The van der Waals surface area contributed by atoms with E-state index in [9.17, 15) is 9.18 Å². The van der Waals surface area contributed by atoms with Crippen molar-refractivity contribution < 1.29 is 18.7 Å². The van der Waals surface area contributed by atoms with Crippen molar-refractivity contribution in [3.8, 4) is 11.5 Å². The van der Waals surface area contributed by atoms with Gasteiger partial charge in [-0.3, -0.25) is 4.79 Å². The van der Waals surface area contributed by atoms with E-state index in [-0.39, 0.29) is 5.91 Å². The van der Waals surface area contributed by atoms with E-state index >= 15 is 0 Å². The van der Waals surface area contributed by atoms with Gasteiger partial charge in [-0.15, -0.1) is 0 Å². The largest absolute Gasteiger partial charge is 0.361 e. The first kappa shape index (κ1) is 32.1. The zero-order chi connectivity index (χ0) is 30.7. The Kier molecular flexibility index (Phi) is 10.1. The van der Waals surface area contributed by atoms with Crippen LogP contribution in [0.4, 0.5) is 4.39 Å². The molecule has 0 fully saturated rings. The Morgan fingerprint density at radius 1 is 1.05 bits per heavy atom. The minimum absolute atomic E-state index is 0.112. The highest BCUT2D eigenvalue weighted by atomic mass is 28.3. The first-order valence-corrected chi connectivity index (χ1v) is 22.2. The molecule has 0 saturated heterocycles. The predicted octanol–water partition coefficient (Wildman–Crippen LogP) is 7.27. The maximum Gasteiger partial charge on any atom is 0.222 e. The number of aromatic nitrogens is 4. The van der Waals surface area contributed by atoms with Gasteiger partial charge in [-0.1, -0.05) is 58.9 Å². The summed E-state index contributed by atoms with van der Waals surface area (Å²) in [6.07, 6.45) is 2.31. The van der Waals surface area contributed by atoms with Crippen LogP contribution < -0.4 is 0 Å². The number of carbonyl (C=O) groups excluding carboxylic acids is 1. The van der Waals surface area contributed by atoms with E-state index in [1.54, 1.807) is 0 Å². The number of hydrogen-bond acceptors (Lipinski definition) is 5. The molecule has 42 heavy (non-hydrogen) atoms. The molecule has 11 heteroatoms. The Balaban J connectivity index is 1.74. The minimum Gasteiger partial charge on any atom is -0.361 e. The van der Waals surface area contributed by atoms with Crippen molar-refractivity contribution in [3.63, 3.8) is 0 Å². The van der Waals surface area contributed by atoms with Gasteiger partial charge in [-0.2, -0.15) is 5.10 Å². The normalized spacial score (nSPS) is 14.0. The van der Waals surface area contributed by atoms with Gasteiger partial charge in [0.05, 0.1) is 36.3 Å². The second kappa shape index (κ2) is 13.2. The molecule has 228 valence electrons. The number of carbonyl (C=O) groups is 1. The summed E-state index contributed by atoms with van der Waals surface area (Å²) in [5.41, 5.74) is 4.85. The van der Waals surface area contributed by atoms with Crippen molar-refractivity contribution >= 4 is 38.5 Å². The van der Waals surface area contributed by atoms with E-state index in [1.165, 1.54) is 6.08 Å². The summed E-state index contributed by atoms with van der Waals surface area (Å²) in [6.45, 7) is 22.8. The van der Waals surface area contributed by atoms with E-state index in [1.807, 2.05) is 34.7 Å². The Morgan fingerprint density at radius 2 is 1.71 bits per heavy atom. The van der Waals surface area contributed by atoms with Crippen molar-refractivity contribution in [1.82, 2.24) is 24.2 Å². The van der Waals surface area contributed by atoms with Crippen LogP contribution in [0.5, 0.6) is 0 Å². The summed E-state index contributed by atoms with van der Waals surface area (Å²) in [4.78, 5) is 19.4. The fraction of sp³-hybridized carbons (Fsp3) is 0.516. The van der Waals surface area contributed by atoms with Crippen LogP contribution >= 0.6 is 0 Å². The fourth-order valence-electron chi connectivity index (χ4n) is 4.85. The Bertz CT molecular complexity index is 1470. The molecule has 3 heterocycles. The SMILES string of the molecule is C=C(/C=C/F)c1ccc2c(-c3nc4c(n3COCC[Si](C)(C)C)CN(C(=O)CC)C4)nn(COCC[Si](C)(C)C)c2c1. The van der Waals surface area contributed by atoms with Gasteiger partial charge < -0.3 is 18.9 Å². The number of nitrogens with zero attached hydrogens (tertiary/aromatic N) is 5. The van der Waals surface area contributed by atoms with E-state index in [4.69, 9.17) is 19.6 Å². The lowest BCUT2D eigenvalue weighted by molar-refractivity contribution is -0.131. The van der Waals surface area contributed by atoms with Gasteiger partial charge in [0.25, 0.3) is 0 Å². The molecule has 1 amide bonds. The van der Waals surface area contributed by atoms with Gasteiger partial charge in [0.15, 0.2) is 5.82 Å². The van der Waals surface area contributed by atoms with Gasteiger partial charge in [0.2, 0.25) is 5.91 Å². The maximum absolute atomic E-state index is 12.9. The molecule has 0 unspecified atom stereocenters. The average Bonchev–Trinajstić information content (AvgIpc) is 3.58. The number of halogens is 1. The lowest BCUT2D eigenvalue weighted by Gasteiger charge is -2.18. The van der Waals surface area contributed by atoms with Crippen molar-refractivity contribution in [2.45, 2.75) is 91.3 Å². The number of benzene rings is 1. The average molecular weight is 612 g/mol. The maximum atomic E-state index is 12.9. The predicted molar refractivity (Wildman–Crippen MR) is 173 cm³/mol. The number of ether oxygens (including phenoxy) is 2. The molecule has 0 spiro atoms. The van der Waals surface area contributed by atoms with E-state index < -0.39 is 16.1 Å². The molecule has 0 aliphatic carbocycles. The van der Waals surface area contributed by atoms with Crippen LogP contribution in [0.3, 0.4) is 0 Å². The highest BCUT2D eigenvalue weighted by molar-refractivity contribution is 6.76. The van der Waals surface area contributed by atoms with Crippen LogP contribution in [0.15, 0.2) is 37.2 Å². The van der Waals surface area contributed by atoms with E-state index in [2.05, 4.69) is 50.4 Å². The Hall–Kier alpha value is -2.87. The molecule has 0 radical (unpaired) electrons. The zero-order valence-electron chi connectivity index (χ0n) is 26.3. The van der Waals surface area contributed by atoms with Gasteiger partial charge in [0, 0.05) is 41.2 Å². The quantitative estimate of drug-likeness (QED) is 0.109. The topological polar surface area (TPSA) is 74.4 Å². The molecule has 2 aromatic heterocycles. The lowest BCUT2D eigenvalue weighted by atomic mass is 10.0. The fourth-order valence-corrected chi connectivity index (χ4v) is 6.36.